The third-order valence-corrected chi connectivity index (χ3v) is 5.23. The molecule has 0 aliphatic heterocycles. The zero-order valence-electron chi connectivity index (χ0n) is 12.8. The highest BCUT2D eigenvalue weighted by atomic mass is 32.1. The first-order chi connectivity index (χ1) is 10.3. The molecule has 4 nitrogen and oxygen atoms in total. The van der Waals surface area contributed by atoms with Gasteiger partial charge in [0.1, 0.15) is 0 Å². The standard InChI is InChI=1S/C16H23N3OS/c1-3-8-17-13-5-4-6-14-15(13)21-16(18-14)19(2)10-12-7-9-20-11-12/h7,9,11,13,17H,3-6,8,10H2,1-2H3. The number of aromatic nitrogens is 1. The number of fused-ring (bicyclic) bond motifs is 1. The second-order valence-electron chi connectivity index (χ2n) is 5.69. The Morgan fingerprint density at radius 1 is 1.52 bits per heavy atom. The van der Waals surface area contributed by atoms with Crippen LogP contribution in [-0.4, -0.2) is 18.6 Å². The Labute approximate surface area is 130 Å². The van der Waals surface area contributed by atoms with Gasteiger partial charge in [0.25, 0.3) is 0 Å². The van der Waals surface area contributed by atoms with Crippen LogP contribution in [0.2, 0.25) is 0 Å². The topological polar surface area (TPSA) is 41.3 Å². The molecule has 3 rings (SSSR count). The fourth-order valence-electron chi connectivity index (χ4n) is 2.81. The van der Waals surface area contributed by atoms with Crippen molar-refractivity contribution < 1.29 is 4.42 Å². The highest BCUT2D eigenvalue weighted by Crippen LogP contribution is 2.37. The number of hydrogen-bond donors (Lipinski definition) is 1. The molecule has 21 heavy (non-hydrogen) atoms. The Bertz CT molecular complexity index is 564. The van der Waals surface area contributed by atoms with Gasteiger partial charge in [-0.3, -0.25) is 0 Å². The lowest BCUT2D eigenvalue weighted by Gasteiger charge is -2.22. The fraction of sp³-hybridized carbons (Fsp3) is 0.562. The van der Waals surface area contributed by atoms with Gasteiger partial charge in [-0.1, -0.05) is 18.3 Å². The molecule has 0 spiro atoms. The predicted octanol–water partition coefficient (Wildman–Crippen LogP) is 3.75. The lowest BCUT2D eigenvalue weighted by molar-refractivity contribution is 0.464. The molecule has 1 aliphatic rings. The van der Waals surface area contributed by atoms with Crippen molar-refractivity contribution in [2.24, 2.45) is 0 Å². The molecule has 0 aromatic carbocycles. The average molecular weight is 305 g/mol. The van der Waals surface area contributed by atoms with Crippen LogP contribution in [-0.2, 0) is 13.0 Å². The zero-order chi connectivity index (χ0) is 14.7. The number of nitrogens with one attached hydrogen (secondary N) is 1. The summed E-state index contributed by atoms with van der Waals surface area (Å²) in [6.45, 7) is 4.14. The van der Waals surface area contributed by atoms with Crippen LogP contribution in [0.5, 0.6) is 0 Å². The first-order valence-electron chi connectivity index (χ1n) is 7.73. The first kappa shape index (κ1) is 14.6. The van der Waals surface area contributed by atoms with Gasteiger partial charge in [0.2, 0.25) is 0 Å². The summed E-state index contributed by atoms with van der Waals surface area (Å²) in [5.41, 5.74) is 2.49. The van der Waals surface area contributed by atoms with E-state index in [2.05, 4.69) is 24.2 Å². The molecule has 0 amide bonds. The zero-order valence-corrected chi connectivity index (χ0v) is 13.6. The van der Waals surface area contributed by atoms with Crippen molar-refractivity contribution in [3.8, 4) is 0 Å². The summed E-state index contributed by atoms with van der Waals surface area (Å²) in [6.07, 6.45) is 8.30. The van der Waals surface area contributed by atoms with Gasteiger partial charge in [0.15, 0.2) is 5.13 Å². The Kier molecular flexibility index (Phi) is 4.60. The van der Waals surface area contributed by atoms with E-state index in [1.54, 1.807) is 12.5 Å². The molecule has 0 fully saturated rings. The molecule has 114 valence electrons. The van der Waals surface area contributed by atoms with Gasteiger partial charge >= 0.3 is 0 Å². The summed E-state index contributed by atoms with van der Waals surface area (Å²) in [4.78, 5) is 8.52. The summed E-state index contributed by atoms with van der Waals surface area (Å²) in [5, 5.41) is 4.78. The average Bonchev–Trinajstić information content (AvgIpc) is 3.13. The Morgan fingerprint density at radius 2 is 2.43 bits per heavy atom. The molecular formula is C16H23N3OS. The minimum atomic E-state index is 0.502. The van der Waals surface area contributed by atoms with Gasteiger partial charge in [0.05, 0.1) is 18.2 Å². The van der Waals surface area contributed by atoms with Crippen LogP contribution in [0, 0.1) is 0 Å². The van der Waals surface area contributed by atoms with Crippen molar-refractivity contribution in [3.05, 3.63) is 34.7 Å². The number of anilines is 1. The van der Waals surface area contributed by atoms with Crippen LogP contribution in [0.25, 0.3) is 0 Å². The summed E-state index contributed by atoms with van der Waals surface area (Å²) >= 11 is 1.85. The quantitative estimate of drug-likeness (QED) is 0.882. The third-order valence-electron chi connectivity index (χ3n) is 3.91. The van der Waals surface area contributed by atoms with E-state index in [9.17, 15) is 0 Å². The normalized spacial score (nSPS) is 17.7. The summed E-state index contributed by atoms with van der Waals surface area (Å²) < 4.78 is 5.14. The monoisotopic (exact) mass is 305 g/mol. The smallest absolute Gasteiger partial charge is 0.185 e. The molecule has 0 bridgehead atoms. The van der Waals surface area contributed by atoms with Crippen molar-refractivity contribution in [1.29, 1.82) is 0 Å². The van der Waals surface area contributed by atoms with Crippen molar-refractivity contribution >= 4 is 16.5 Å². The minimum Gasteiger partial charge on any atom is -0.472 e. The van der Waals surface area contributed by atoms with E-state index in [4.69, 9.17) is 9.40 Å². The highest BCUT2D eigenvalue weighted by molar-refractivity contribution is 7.15. The highest BCUT2D eigenvalue weighted by Gasteiger charge is 2.25. The summed E-state index contributed by atoms with van der Waals surface area (Å²) in [7, 11) is 2.10. The Hall–Kier alpha value is -1.33. The van der Waals surface area contributed by atoms with E-state index >= 15 is 0 Å². The fourth-order valence-corrected chi connectivity index (χ4v) is 3.99. The Morgan fingerprint density at radius 3 is 3.19 bits per heavy atom. The van der Waals surface area contributed by atoms with E-state index in [1.807, 2.05) is 17.4 Å². The van der Waals surface area contributed by atoms with E-state index in [-0.39, 0.29) is 0 Å². The molecule has 0 saturated carbocycles. The van der Waals surface area contributed by atoms with Gasteiger partial charge in [-0.15, -0.1) is 0 Å². The van der Waals surface area contributed by atoms with Gasteiger partial charge in [-0.2, -0.15) is 0 Å². The number of nitrogens with zero attached hydrogens (tertiary/aromatic N) is 2. The maximum absolute atomic E-state index is 5.14. The minimum absolute atomic E-state index is 0.502. The molecular weight excluding hydrogens is 282 g/mol. The number of rotatable bonds is 6. The SMILES string of the molecule is CCCNC1CCCc2nc(N(C)Cc3ccoc3)sc21. The van der Waals surface area contributed by atoms with Crippen LogP contribution >= 0.6 is 11.3 Å². The lowest BCUT2D eigenvalue weighted by Crippen LogP contribution is -2.24. The van der Waals surface area contributed by atoms with Crippen LogP contribution in [0.1, 0.15) is 48.4 Å². The largest absolute Gasteiger partial charge is 0.472 e. The second kappa shape index (κ2) is 6.62. The molecule has 0 saturated heterocycles. The number of hydrogen-bond acceptors (Lipinski definition) is 5. The van der Waals surface area contributed by atoms with Crippen molar-refractivity contribution in [2.75, 3.05) is 18.5 Å². The van der Waals surface area contributed by atoms with Gasteiger partial charge in [-0.25, -0.2) is 4.98 Å². The first-order valence-corrected chi connectivity index (χ1v) is 8.54. The molecule has 1 N–H and O–H groups in total. The summed E-state index contributed by atoms with van der Waals surface area (Å²) in [5.74, 6) is 0. The molecule has 1 aliphatic carbocycles. The van der Waals surface area contributed by atoms with E-state index in [1.165, 1.54) is 35.4 Å². The molecule has 1 atom stereocenters. The second-order valence-corrected chi connectivity index (χ2v) is 6.70. The maximum Gasteiger partial charge on any atom is 0.185 e. The predicted molar refractivity (Wildman–Crippen MR) is 86.9 cm³/mol. The molecule has 2 aromatic heterocycles. The van der Waals surface area contributed by atoms with Gasteiger partial charge in [0, 0.05) is 30.1 Å². The molecule has 0 radical (unpaired) electrons. The van der Waals surface area contributed by atoms with E-state index < -0.39 is 0 Å². The van der Waals surface area contributed by atoms with Crippen LogP contribution in [0.3, 0.4) is 0 Å². The van der Waals surface area contributed by atoms with Crippen molar-refractivity contribution in [1.82, 2.24) is 10.3 Å². The molecule has 5 heteroatoms. The number of aryl methyl sites for hydroxylation is 1. The van der Waals surface area contributed by atoms with Crippen molar-refractivity contribution in [3.63, 3.8) is 0 Å². The van der Waals surface area contributed by atoms with Crippen LogP contribution in [0.4, 0.5) is 5.13 Å². The molecule has 2 heterocycles. The van der Waals surface area contributed by atoms with Crippen LogP contribution in [0.15, 0.2) is 23.0 Å². The van der Waals surface area contributed by atoms with Crippen molar-refractivity contribution in [2.45, 2.75) is 45.2 Å². The molecule has 1 unspecified atom stereocenters. The molecule has 2 aromatic rings. The van der Waals surface area contributed by atoms with E-state index in [0.29, 0.717) is 6.04 Å². The number of furan rings is 1. The Balaban J connectivity index is 1.74. The van der Waals surface area contributed by atoms with Crippen LogP contribution < -0.4 is 10.2 Å². The maximum atomic E-state index is 5.14. The summed E-state index contributed by atoms with van der Waals surface area (Å²) in [6, 6.07) is 2.51. The number of thiazole rings is 1. The lowest BCUT2D eigenvalue weighted by atomic mass is 9.98. The van der Waals surface area contributed by atoms with E-state index in [0.717, 1.165) is 24.6 Å². The third kappa shape index (κ3) is 3.30. The van der Waals surface area contributed by atoms with Gasteiger partial charge < -0.3 is 14.6 Å². The van der Waals surface area contributed by atoms with Gasteiger partial charge in [-0.05, 0) is 38.3 Å².